The van der Waals surface area contributed by atoms with Crippen LogP contribution in [0.5, 0.6) is 5.75 Å². The second-order valence-electron chi connectivity index (χ2n) is 6.41. The maximum Gasteiger partial charge on any atom is 0.205 e. The van der Waals surface area contributed by atoms with Gasteiger partial charge in [0.2, 0.25) is 5.90 Å². The van der Waals surface area contributed by atoms with E-state index in [4.69, 9.17) is 10.1 Å². The molecule has 2 aliphatic heterocycles. The Morgan fingerprint density at radius 2 is 1.96 bits per heavy atom. The smallest absolute Gasteiger partial charge is 0.205 e. The van der Waals surface area contributed by atoms with Crippen molar-refractivity contribution in [3.05, 3.63) is 58.7 Å². The number of likely N-dealkylation sites (N-methyl/N-ethyl adjacent to an activating group) is 1. The van der Waals surface area contributed by atoms with E-state index in [-0.39, 0.29) is 5.90 Å². The van der Waals surface area contributed by atoms with E-state index in [1.165, 1.54) is 12.1 Å². The van der Waals surface area contributed by atoms with Gasteiger partial charge in [-0.3, -0.25) is 5.41 Å². The van der Waals surface area contributed by atoms with Gasteiger partial charge in [-0.2, -0.15) is 5.26 Å². The monoisotopic (exact) mass is 339 g/mol. The first-order valence-corrected chi connectivity index (χ1v) is 7.98. The van der Waals surface area contributed by atoms with E-state index >= 15 is 0 Å². The van der Waals surface area contributed by atoms with E-state index in [0.29, 0.717) is 16.9 Å². The summed E-state index contributed by atoms with van der Waals surface area (Å²) in [6.45, 7) is 0.837. The van der Waals surface area contributed by atoms with Gasteiger partial charge in [-0.1, -0.05) is 6.07 Å². The van der Waals surface area contributed by atoms with Gasteiger partial charge >= 0.3 is 0 Å². The van der Waals surface area contributed by atoms with Gasteiger partial charge in [0, 0.05) is 42.4 Å². The average molecular weight is 339 g/mol. The fraction of sp³-hybridized carbons (Fsp3) is 0.263. The quantitative estimate of drug-likeness (QED) is 0.863. The molecule has 0 bridgehead atoms. The summed E-state index contributed by atoms with van der Waals surface area (Å²) >= 11 is 0. The Kier molecular flexibility index (Phi) is 3.46. The number of nitrogens with one attached hydrogen (secondary N) is 1. The molecule has 4 nitrogen and oxygen atoms in total. The Labute approximate surface area is 143 Å². The van der Waals surface area contributed by atoms with Gasteiger partial charge in [0.1, 0.15) is 23.3 Å². The molecule has 0 aromatic heterocycles. The van der Waals surface area contributed by atoms with Crippen molar-refractivity contribution in [2.75, 3.05) is 18.5 Å². The maximum atomic E-state index is 13.7. The van der Waals surface area contributed by atoms with Crippen molar-refractivity contribution in [2.45, 2.75) is 12.3 Å². The van der Waals surface area contributed by atoms with E-state index in [1.54, 1.807) is 0 Å². The van der Waals surface area contributed by atoms with Crippen molar-refractivity contribution in [1.29, 1.82) is 10.7 Å². The van der Waals surface area contributed by atoms with Crippen LogP contribution < -0.4 is 9.64 Å². The van der Waals surface area contributed by atoms with Gasteiger partial charge in [-0.15, -0.1) is 0 Å². The lowest BCUT2D eigenvalue weighted by atomic mass is 9.78. The number of hydrogen-bond acceptors (Lipinski definition) is 4. The number of benzene rings is 2. The highest BCUT2D eigenvalue weighted by atomic mass is 19.1. The highest BCUT2D eigenvalue weighted by Crippen LogP contribution is 2.47. The fourth-order valence-electron chi connectivity index (χ4n) is 3.76. The second-order valence-corrected chi connectivity index (χ2v) is 6.41. The van der Waals surface area contributed by atoms with Crippen LogP contribution in [0.1, 0.15) is 22.6 Å². The van der Waals surface area contributed by atoms with Gasteiger partial charge < -0.3 is 9.64 Å². The van der Waals surface area contributed by atoms with Crippen molar-refractivity contribution in [1.82, 2.24) is 0 Å². The van der Waals surface area contributed by atoms with Crippen LogP contribution in [0.25, 0.3) is 0 Å². The minimum Gasteiger partial charge on any atom is -0.441 e. The molecule has 2 aromatic rings. The summed E-state index contributed by atoms with van der Waals surface area (Å²) in [5.41, 5.74) is 3.03. The Morgan fingerprint density at radius 3 is 2.64 bits per heavy atom. The van der Waals surface area contributed by atoms with E-state index in [1.807, 2.05) is 19.2 Å². The first-order valence-electron chi connectivity index (χ1n) is 7.98. The summed E-state index contributed by atoms with van der Waals surface area (Å²) in [6.07, 6.45) is 0.768. The molecule has 0 radical (unpaired) electrons. The van der Waals surface area contributed by atoms with Crippen molar-refractivity contribution in [3.63, 3.8) is 0 Å². The molecule has 0 fully saturated rings. The van der Waals surface area contributed by atoms with E-state index in [0.717, 1.165) is 30.3 Å². The highest BCUT2D eigenvalue weighted by molar-refractivity contribution is 5.86. The average Bonchev–Trinajstić information content (AvgIpc) is 2.94. The highest BCUT2D eigenvalue weighted by Gasteiger charge is 2.39. The van der Waals surface area contributed by atoms with Gasteiger partial charge in [0.25, 0.3) is 0 Å². The Balaban J connectivity index is 1.94. The molecule has 0 spiro atoms. The number of rotatable bonds is 1. The third-order valence-corrected chi connectivity index (χ3v) is 4.92. The summed E-state index contributed by atoms with van der Waals surface area (Å²) in [4.78, 5) is 2.09. The maximum absolute atomic E-state index is 13.7. The van der Waals surface area contributed by atoms with Crippen LogP contribution in [-0.2, 0) is 6.42 Å². The molecule has 2 heterocycles. The Bertz CT molecular complexity index is 915. The topological polar surface area (TPSA) is 60.1 Å². The van der Waals surface area contributed by atoms with E-state index in [9.17, 15) is 14.0 Å². The zero-order chi connectivity index (χ0) is 17.7. The van der Waals surface area contributed by atoms with Gasteiger partial charge in [-0.25, -0.2) is 8.78 Å². The Hall–Kier alpha value is -2.94. The molecule has 25 heavy (non-hydrogen) atoms. The van der Waals surface area contributed by atoms with Gasteiger partial charge in [-0.05, 0) is 30.2 Å². The number of fused-ring (bicyclic) bond motifs is 3. The lowest BCUT2D eigenvalue weighted by Gasteiger charge is -2.31. The molecule has 0 saturated heterocycles. The summed E-state index contributed by atoms with van der Waals surface area (Å²) in [5.74, 6) is -2.60. The molecule has 0 saturated carbocycles. The molecule has 126 valence electrons. The molecule has 2 unspecified atom stereocenters. The SMILES string of the molecule is CN1CCc2c1ccc1c2OC(=N)C(C#N)C1c1cc(F)cc(F)c1. The number of nitriles is 1. The van der Waals surface area contributed by atoms with Gasteiger partial charge in [0.05, 0.1) is 6.07 Å². The van der Waals surface area contributed by atoms with Crippen LogP contribution in [0.2, 0.25) is 0 Å². The van der Waals surface area contributed by atoms with E-state index in [2.05, 4.69) is 11.0 Å². The zero-order valence-corrected chi connectivity index (χ0v) is 13.5. The molecule has 1 N–H and O–H groups in total. The van der Waals surface area contributed by atoms with Crippen LogP contribution in [0, 0.1) is 34.3 Å². The minimum atomic E-state index is -0.925. The number of anilines is 1. The molecular formula is C19H15F2N3O. The van der Waals surface area contributed by atoms with Crippen LogP contribution >= 0.6 is 0 Å². The number of halogens is 2. The summed E-state index contributed by atoms with van der Waals surface area (Å²) < 4.78 is 33.2. The van der Waals surface area contributed by atoms with Crippen molar-refractivity contribution in [3.8, 4) is 11.8 Å². The third kappa shape index (κ3) is 2.35. The Morgan fingerprint density at radius 1 is 1.24 bits per heavy atom. The van der Waals surface area contributed by atoms with Gasteiger partial charge in [0.15, 0.2) is 0 Å². The zero-order valence-electron chi connectivity index (χ0n) is 13.5. The standard InChI is InChI=1S/C19H15F2N3O/c1-24-5-4-13-16(24)3-2-14-17(10-6-11(20)8-12(21)7-10)15(9-22)19(23)25-18(13)14/h2-3,6-8,15,17,23H,4-5H2,1H3. The van der Waals surface area contributed by atoms with Crippen molar-refractivity contribution in [2.24, 2.45) is 5.92 Å². The van der Waals surface area contributed by atoms with Crippen LogP contribution in [0.15, 0.2) is 30.3 Å². The first-order chi connectivity index (χ1) is 12.0. The summed E-state index contributed by atoms with van der Waals surface area (Å²) in [5, 5.41) is 17.7. The van der Waals surface area contributed by atoms with Crippen LogP contribution in [-0.4, -0.2) is 19.5 Å². The summed E-state index contributed by atoms with van der Waals surface area (Å²) in [6, 6.07) is 9.07. The van der Waals surface area contributed by atoms with E-state index < -0.39 is 23.5 Å². The van der Waals surface area contributed by atoms with Crippen molar-refractivity contribution >= 4 is 11.6 Å². The molecule has 4 rings (SSSR count). The molecule has 2 aromatic carbocycles. The predicted molar refractivity (Wildman–Crippen MR) is 89.1 cm³/mol. The third-order valence-electron chi connectivity index (χ3n) is 4.92. The molecule has 0 amide bonds. The number of nitrogens with zero attached hydrogens (tertiary/aromatic N) is 2. The molecule has 0 aliphatic carbocycles. The van der Waals surface area contributed by atoms with Crippen molar-refractivity contribution < 1.29 is 13.5 Å². The van der Waals surface area contributed by atoms with Crippen LogP contribution in [0.3, 0.4) is 0 Å². The number of hydrogen-bond donors (Lipinski definition) is 1. The largest absolute Gasteiger partial charge is 0.441 e. The minimum absolute atomic E-state index is 0.187. The summed E-state index contributed by atoms with van der Waals surface area (Å²) in [7, 11) is 1.98. The molecule has 2 atom stereocenters. The molecular weight excluding hydrogens is 324 g/mol. The predicted octanol–water partition coefficient (Wildman–Crippen LogP) is 3.60. The molecule has 6 heteroatoms. The number of ether oxygens (including phenoxy) is 1. The fourth-order valence-corrected chi connectivity index (χ4v) is 3.76. The first kappa shape index (κ1) is 15.6. The molecule has 2 aliphatic rings. The normalized spacial score (nSPS) is 21.4. The lowest BCUT2D eigenvalue weighted by Crippen LogP contribution is -2.31. The van der Waals surface area contributed by atoms with Crippen LogP contribution in [0.4, 0.5) is 14.5 Å². The second kappa shape index (κ2) is 5.55. The lowest BCUT2D eigenvalue weighted by molar-refractivity contribution is 0.445.